The van der Waals surface area contributed by atoms with Crippen LogP contribution >= 0.6 is 0 Å². The molecule has 2 aliphatic heterocycles. The van der Waals surface area contributed by atoms with Crippen LogP contribution < -0.4 is 10.2 Å². The van der Waals surface area contributed by atoms with Crippen LogP contribution in [0.2, 0.25) is 0 Å². The smallest absolute Gasteiger partial charge is 0.146 e. The fourth-order valence-corrected chi connectivity index (χ4v) is 3.97. The first-order chi connectivity index (χ1) is 9.85. The van der Waals surface area contributed by atoms with Gasteiger partial charge in [-0.25, -0.2) is 4.98 Å². The summed E-state index contributed by atoms with van der Waals surface area (Å²) in [5, 5.41) is 12.9. The van der Waals surface area contributed by atoms with Crippen LogP contribution in [0, 0.1) is 23.2 Å². The van der Waals surface area contributed by atoms with E-state index in [1.807, 2.05) is 0 Å². The summed E-state index contributed by atoms with van der Waals surface area (Å²) in [5.41, 5.74) is 3.32. The van der Waals surface area contributed by atoms with Crippen LogP contribution in [0.1, 0.15) is 29.7 Å². The summed E-state index contributed by atoms with van der Waals surface area (Å²) in [5.74, 6) is 2.42. The molecule has 2 atom stereocenters. The quantitative estimate of drug-likeness (QED) is 0.838. The molecular formula is C16H20N4. The number of nitrogens with one attached hydrogen (secondary N) is 1. The summed E-state index contributed by atoms with van der Waals surface area (Å²) in [6.07, 6.45) is 4.64. The lowest BCUT2D eigenvalue weighted by Gasteiger charge is -2.23. The Hall–Kier alpha value is -1.60. The van der Waals surface area contributed by atoms with Gasteiger partial charge < -0.3 is 10.2 Å². The Morgan fingerprint density at radius 2 is 1.95 bits per heavy atom. The van der Waals surface area contributed by atoms with Crippen LogP contribution in [-0.2, 0) is 12.8 Å². The molecule has 20 heavy (non-hydrogen) atoms. The average Bonchev–Trinajstić information content (AvgIpc) is 3.07. The van der Waals surface area contributed by atoms with Crippen LogP contribution in [0.3, 0.4) is 0 Å². The van der Waals surface area contributed by atoms with Crippen molar-refractivity contribution >= 4 is 5.82 Å². The van der Waals surface area contributed by atoms with Gasteiger partial charge in [0.2, 0.25) is 0 Å². The lowest BCUT2D eigenvalue weighted by Crippen LogP contribution is -2.27. The molecule has 3 heterocycles. The Bertz CT molecular complexity index is 563. The summed E-state index contributed by atoms with van der Waals surface area (Å²) in [6, 6.07) is 4.47. The molecule has 4 heteroatoms. The van der Waals surface area contributed by atoms with E-state index in [2.05, 4.69) is 22.4 Å². The number of aryl methyl sites for hydroxylation is 2. The van der Waals surface area contributed by atoms with Gasteiger partial charge in [-0.1, -0.05) is 0 Å². The largest absolute Gasteiger partial charge is 0.355 e. The second kappa shape index (κ2) is 4.75. The second-order valence-electron chi connectivity index (χ2n) is 6.37. The van der Waals surface area contributed by atoms with Crippen molar-refractivity contribution in [2.45, 2.75) is 25.7 Å². The molecule has 4 rings (SSSR count). The third-order valence-electron chi connectivity index (χ3n) is 5.09. The van der Waals surface area contributed by atoms with Gasteiger partial charge >= 0.3 is 0 Å². The summed E-state index contributed by atoms with van der Waals surface area (Å²) in [4.78, 5) is 7.23. The van der Waals surface area contributed by atoms with Crippen molar-refractivity contribution in [1.29, 1.82) is 5.26 Å². The monoisotopic (exact) mass is 268 g/mol. The summed E-state index contributed by atoms with van der Waals surface area (Å²) in [6.45, 7) is 4.35. The molecule has 0 saturated carbocycles. The molecule has 1 aromatic heterocycles. The molecule has 104 valence electrons. The highest BCUT2D eigenvalue weighted by Crippen LogP contribution is 2.33. The van der Waals surface area contributed by atoms with Crippen molar-refractivity contribution in [2.75, 3.05) is 31.1 Å². The highest BCUT2D eigenvalue weighted by molar-refractivity contribution is 5.57. The molecule has 3 aliphatic rings. The second-order valence-corrected chi connectivity index (χ2v) is 6.37. The van der Waals surface area contributed by atoms with E-state index in [0.717, 1.165) is 62.2 Å². The molecule has 0 amide bonds. The number of nitrogens with zero attached hydrogens (tertiary/aromatic N) is 3. The SMILES string of the molecule is N#Cc1cc2c(nc1N1C[C@H]3CNC[C@H]3C1)CCCC2. The van der Waals surface area contributed by atoms with Crippen molar-refractivity contribution < 1.29 is 0 Å². The Kier molecular flexibility index (Phi) is 2.89. The predicted molar refractivity (Wildman–Crippen MR) is 77.7 cm³/mol. The third-order valence-corrected chi connectivity index (χ3v) is 5.09. The van der Waals surface area contributed by atoms with Crippen LogP contribution in [0.15, 0.2) is 6.07 Å². The fourth-order valence-electron chi connectivity index (χ4n) is 3.97. The molecule has 2 saturated heterocycles. The predicted octanol–water partition coefficient (Wildman–Crippen LogP) is 1.49. The lowest BCUT2D eigenvalue weighted by atomic mass is 9.95. The molecule has 1 N–H and O–H groups in total. The van der Waals surface area contributed by atoms with Gasteiger partial charge in [0.15, 0.2) is 0 Å². The zero-order valence-corrected chi connectivity index (χ0v) is 11.7. The van der Waals surface area contributed by atoms with E-state index >= 15 is 0 Å². The number of rotatable bonds is 1. The maximum absolute atomic E-state index is 9.45. The molecule has 0 radical (unpaired) electrons. The van der Waals surface area contributed by atoms with E-state index in [0.29, 0.717) is 0 Å². The normalized spacial score (nSPS) is 28.1. The van der Waals surface area contributed by atoms with Gasteiger partial charge in [-0.3, -0.25) is 0 Å². The maximum Gasteiger partial charge on any atom is 0.146 e. The van der Waals surface area contributed by atoms with Gasteiger partial charge in [0.05, 0.1) is 5.56 Å². The lowest BCUT2D eigenvalue weighted by molar-refractivity contribution is 0.533. The van der Waals surface area contributed by atoms with E-state index < -0.39 is 0 Å². The van der Waals surface area contributed by atoms with Crippen molar-refractivity contribution in [2.24, 2.45) is 11.8 Å². The molecule has 4 nitrogen and oxygen atoms in total. The Labute approximate surface area is 119 Å². The van der Waals surface area contributed by atoms with E-state index in [1.54, 1.807) is 0 Å². The van der Waals surface area contributed by atoms with E-state index in [4.69, 9.17) is 4.98 Å². The van der Waals surface area contributed by atoms with E-state index in [9.17, 15) is 5.26 Å². The minimum absolute atomic E-state index is 0.736. The zero-order valence-electron chi connectivity index (χ0n) is 11.7. The van der Waals surface area contributed by atoms with Gasteiger partial charge in [-0.2, -0.15) is 5.26 Å². The van der Waals surface area contributed by atoms with E-state index in [-0.39, 0.29) is 0 Å². The minimum atomic E-state index is 0.736. The number of hydrogen-bond donors (Lipinski definition) is 1. The molecule has 0 unspecified atom stereocenters. The van der Waals surface area contributed by atoms with Crippen LogP contribution in [0.4, 0.5) is 5.82 Å². The Morgan fingerprint density at radius 1 is 1.20 bits per heavy atom. The summed E-state index contributed by atoms with van der Waals surface area (Å²) in [7, 11) is 0. The number of hydrogen-bond acceptors (Lipinski definition) is 4. The standard InChI is InChI=1S/C16H20N4/c17-6-12-5-11-3-1-2-4-15(11)19-16(12)20-9-13-7-18-8-14(13)10-20/h5,13-14,18H,1-4,7-10H2/t13-,14+. The highest BCUT2D eigenvalue weighted by Gasteiger charge is 2.37. The topological polar surface area (TPSA) is 52.0 Å². The Morgan fingerprint density at radius 3 is 2.70 bits per heavy atom. The first-order valence-electron chi connectivity index (χ1n) is 7.73. The molecule has 0 bridgehead atoms. The minimum Gasteiger partial charge on any atom is -0.355 e. The molecule has 1 aromatic rings. The van der Waals surface area contributed by atoms with Crippen molar-refractivity contribution in [3.63, 3.8) is 0 Å². The van der Waals surface area contributed by atoms with Gasteiger partial charge in [-0.15, -0.1) is 0 Å². The third kappa shape index (κ3) is 1.89. The number of aromatic nitrogens is 1. The van der Waals surface area contributed by atoms with Crippen molar-refractivity contribution in [1.82, 2.24) is 10.3 Å². The average molecular weight is 268 g/mol. The molecule has 2 fully saturated rings. The molecular weight excluding hydrogens is 248 g/mol. The molecule has 0 aromatic carbocycles. The fraction of sp³-hybridized carbons (Fsp3) is 0.625. The molecule has 0 spiro atoms. The maximum atomic E-state index is 9.45. The Balaban J connectivity index is 1.69. The summed E-state index contributed by atoms with van der Waals surface area (Å²) >= 11 is 0. The van der Waals surface area contributed by atoms with Gasteiger partial charge in [0, 0.05) is 31.9 Å². The van der Waals surface area contributed by atoms with Crippen LogP contribution in [0.5, 0.6) is 0 Å². The van der Waals surface area contributed by atoms with Crippen LogP contribution in [-0.4, -0.2) is 31.2 Å². The zero-order chi connectivity index (χ0) is 13.5. The van der Waals surface area contributed by atoms with Gasteiger partial charge in [0.25, 0.3) is 0 Å². The van der Waals surface area contributed by atoms with Gasteiger partial charge in [0.1, 0.15) is 11.9 Å². The molecule has 1 aliphatic carbocycles. The summed E-state index contributed by atoms with van der Waals surface area (Å²) < 4.78 is 0. The van der Waals surface area contributed by atoms with Crippen molar-refractivity contribution in [3.8, 4) is 6.07 Å². The first kappa shape index (κ1) is 12.2. The van der Waals surface area contributed by atoms with Crippen molar-refractivity contribution in [3.05, 3.63) is 22.9 Å². The highest BCUT2D eigenvalue weighted by atomic mass is 15.2. The van der Waals surface area contributed by atoms with Crippen LogP contribution in [0.25, 0.3) is 0 Å². The number of anilines is 1. The van der Waals surface area contributed by atoms with E-state index in [1.165, 1.54) is 24.1 Å². The van der Waals surface area contributed by atoms with Gasteiger partial charge in [-0.05, 0) is 49.1 Å². The number of nitriles is 1. The number of fused-ring (bicyclic) bond motifs is 2. The first-order valence-corrected chi connectivity index (χ1v) is 7.73. The number of pyridine rings is 1.